The van der Waals surface area contributed by atoms with Crippen LogP contribution in [0.1, 0.15) is 49.9 Å². The van der Waals surface area contributed by atoms with Crippen molar-refractivity contribution in [2.45, 2.75) is 51.6 Å². The summed E-state index contributed by atoms with van der Waals surface area (Å²) in [5.41, 5.74) is 19.4. The zero-order valence-electron chi connectivity index (χ0n) is 36.1. The van der Waals surface area contributed by atoms with E-state index in [1.807, 2.05) is 0 Å². The molecular weight excluding hydrogens is 769 g/mol. The van der Waals surface area contributed by atoms with E-state index < -0.39 is 8.07 Å². The molecule has 3 nitrogen and oxygen atoms in total. The fourth-order valence-electron chi connectivity index (χ4n) is 11.6. The van der Waals surface area contributed by atoms with E-state index in [2.05, 4.69) is 233 Å². The van der Waals surface area contributed by atoms with Gasteiger partial charge in [-0.1, -0.05) is 156 Å². The number of hydrogen-bond acceptors (Lipinski definition) is 3. The molecule has 0 spiro atoms. The highest BCUT2D eigenvalue weighted by Crippen LogP contribution is 2.56. The molecule has 0 bridgehead atoms. The Morgan fingerprint density at radius 3 is 1.44 bits per heavy atom. The second-order valence-corrected chi connectivity index (χ2v) is 23.2. The predicted molar refractivity (Wildman–Crippen MR) is 263 cm³/mol. The number of fused-ring (bicyclic) bond motifs is 11. The highest BCUT2D eigenvalue weighted by Gasteiger charge is 2.44. The first-order chi connectivity index (χ1) is 30.0. The van der Waals surface area contributed by atoms with Crippen LogP contribution >= 0.6 is 0 Å². The van der Waals surface area contributed by atoms with Crippen molar-refractivity contribution < 1.29 is 4.42 Å². The van der Waals surface area contributed by atoms with Crippen LogP contribution < -0.4 is 20.2 Å². The summed E-state index contributed by atoms with van der Waals surface area (Å²) < 4.78 is 7.20. The van der Waals surface area contributed by atoms with Crippen LogP contribution in [0, 0.1) is 0 Å². The molecule has 0 unspecified atom stereocenters. The van der Waals surface area contributed by atoms with Gasteiger partial charge in [-0.2, -0.15) is 0 Å². The maximum absolute atomic E-state index is 7.20. The lowest BCUT2D eigenvalue weighted by atomic mass is 9.81. The van der Waals surface area contributed by atoms with Gasteiger partial charge in [-0.3, -0.25) is 0 Å². The molecule has 0 amide bonds. The molecule has 8 aromatic carbocycles. The van der Waals surface area contributed by atoms with Crippen LogP contribution in [0.25, 0.3) is 44.5 Å². The summed E-state index contributed by atoms with van der Waals surface area (Å²) >= 11 is 0. The number of para-hydroxylation sites is 2. The minimum Gasteiger partial charge on any atom is -0.456 e. The summed E-state index contributed by atoms with van der Waals surface area (Å²) in [6.07, 6.45) is 0. The SMILES string of the molecule is CC1(C)c2ccccc2-c2cccc(N(c3ccccc3)c3ccc4c(c3)-c3oc5cc(N(c6ccccc6)c6cccc7c6C(C)(C)c6ccccc6-7)ccc5c3[Si]4(C)C)c21. The van der Waals surface area contributed by atoms with Crippen molar-refractivity contribution in [2.75, 3.05) is 9.80 Å². The quantitative estimate of drug-likeness (QED) is 0.156. The third-order valence-corrected chi connectivity index (χ3v) is 17.9. The van der Waals surface area contributed by atoms with Gasteiger partial charge in [-0.15, -0.1) is 0 Å². The Kier molecular flexibility index (Phi) is 7.78. The van der Waals surface area contributed by atoms with E-state index in [-0.39, 0.29) is 10.8 Å². The monoisotopic (exact) mass is 816 g/mol. The van der Waals surface area contributed by atoms with Gasteiger partial charge < -0.3 is 14.2 Å². The molecule has 12 rings (SSSR count). The van der Waals surface area contributed by atoms with E-state index in [0.717, 1.165) is 34.1 Å². The molecule has 300 valence electrons. The summed E-state index contributed by atoms with van der Waals surface area (Å²) in [5, 5.41) is 4.03. The number of benzene rings is 8. The number of hydrogen-bond donors (Lipinski definition) is 0. The fraction of sp³-hybridized carbons (Fsp3) is 0.138. The average Bonchev–Trinajstić information content (AvgIpc) is 3.94. The second kappa shape index (κ2) is 13.1. The Morgan fingerprint density at radius 1 is 0.419 bits per heavy atom. The van der Waals surface area contributed by atoms with E-state index in [4.69, 9.17) is 4.42 Å². The number of nitrogens with zero attached hydrogens (tertiary/aromatic N) is 2. The van der Waals surface area contributed by atoms with Gasteiger partial charge >= 0.3 is 0 Å². The Morgan fingerprint density at radius 2 is 0.887 bits per heavy atom. The summed E-state index contributed by atoms with van der Waals surface area (Å²) in [7, 11) is -2.16. The molecule has 0 saturated carbocycles. The molecule has 0 fully saturated rings. The first kappa shape index (κ1) is 36.9. The maximum Gasteiger partial charge on any atom is 0.136 e. The van der Waals surface area contributed by atoms with Gasteiger partial charge in [0.15, 0.2) is 0 Å². The van der Waals surface area contributed by atoms with E-state index in [1.54, 1.807) is 0 Å². The molecule has 3 aliphatic rings. The molecular formula is C58H48N2OSi. The largest absolute Gasteiger partial charge is 0.456 e. The van der Waals surface area contributed by atoms with Gasteiger partial charge in [-0.25, -0.2) is 0 Å². The molecule has 2 aliphatic carbocycles. The molecule has 0 saturated heterocycles. The Hall–Kier alpha value is -6.88. The van der Waals surface area contributed by atoms with Crippen molar-refractivity contribution in [3.8, 4) is 33.6 Å². The second-order valence-electron chi connectivity index (χ2n) is 18.9. The van der Waals surface area contributed by atoms with Crippen LogP contribution in [0.2, 0.25) is 13.1 Å². The Bertz CT molecular complexity index is 3280. The Balaban J connectivity index is 1.02. The summed E-state index contributed by atoms with van der Waals surface area (Å²) in [5.74, 6) is 1.02. The minimum absolute atomic E-state index is 0.169. The first-order valence-electron chi connectivity index (χ1n) is 21.9. The van der Waals surface area contributed by atoms with Crippen molar-refractivity contribution >= 4 is 63.5 Å². The van der Waals surface area contributed by atoms with Gasteiger partial charge in [0.2, 0.25) is 0 Å². The predicted octanol–water partition coefficient (Wildman–Crippen LogP) is 14.8. The molecule has 0 N–H and O–H groups in total. The lowest BCUT2D eigenvalue weighted by Gasteiger charge is -2.32. The van der Waals surface area contributed by atoms with Crippen LogP contribution in [-0.4, -0.2) is 8.07 Å². The Labute approximate surface area is 365 Å². The number of rotatable bonds is 6. The van der Waals surface area contributed by atoms with Gasteiger partial charge in [0.05, 0.1) is 11.4 Å². The van der Waals surface area contributed by atoms with Gasteiger partial charge in [0.1, 0.15) is 19.4 Å². The zero-order valence-corrected chi connectivity index (χ0v) is 37.1. The van der Waals surface area contributed by atoms with E-state index in [9.17, 15) is 0 Å². The topological polar surface area (TPSA) is 19.6 Å². The minimum atomic E-state index is -2.16. The maximum atomic E-state index is 7.20. The van der Waals surface area contributed by atoms with Crippen LogP contribution in [0.3, 0.4) is 0 Å². The first-order valence-corrected chi connectivity index (χ1v) is 24.9. The number of furan rings is 1. The van der Waals surface area contributed by atoms with Crippen LogP contribution in [0.4, 0.5) is 34.1 Å². The third kappa shape index (κ3) is 5.04. The molecule has 1 aliphatic heterocycles. The van der Waals surface area contributed by atoms with Crippen molar-refractivity contribution in [1.29, 1.82) is 0 Å². The molecule has 4 heteroatoms. The summed E-state index contributed by atoms with van der Waals surface area (Å²) in [6.45, 7) is 14.5. The molecule has 62 heavy (non-hydrogen) atoms. The summed E-state index contributed by atoms with van der Waals surface area (Å²) in [4.78, 5) is 4.90. The van der Waals surface area contributed by atoms with Gasteiger partial charge in [0, 0.05) is 50.6 Å². The van der Waals surface area contributed by atoms with E-state index in [0.29, 0.717) is 0 Å². The van der Waals surface area contributed by atoms with Crippen LogP contribution in [0.5, 0.6) is 0 Å². The molecule has 0 radical (unpaired) electrons. The van der Waals surface area contributed by atoms with Crippen molar-refractivity contribution in [3.05, 3.63) is 204 Å². The highest BCUT2D eigenvalue weighted by molar-refractivity contribution is 7.05. The van der Waals surface area contributed by atoms with Gasteiger partial charge in [-0.05, 0) is 116 Å². The average molecular weight is 817 g/mol. The van der Waals surface area contributed by atoms with Crippen LogP contribution in [0.15, 0.2) is 186 Å². The number of anilines is 6. The van der Waals surface area contributed by atoms with Gasteiger partial charge in [0.25, 0.3) is 0 Å². The standard InChI is InChI=1S/C58H48N2OSi/c1-57(2)47-27-15-13-23-41(47)43-25-17-29-49(53(43)57)59(37-19-9-7-10-20-37)39-32-34-52-46(35-39)55-56(62(52,5)6)45-33-31-40(36-51(45)61-55)60(38-21-11-8-12-22-38)50-30-18-26-44-42-24-14-16-28-48(42)58(3,4)54(44)50/h7-36H,1-6H3. The van der Waals surface area contributed by atoms with Crippen LogP contribution in [-0.2, 0) is 10.8 Å². The highest BCUT2D eigenvalue weighted by atomic mass is 28.3. The van der Waals surface area contributed by atoms with Crippen molar-refractivity contribution in [1.82, 2.24) is 0 Å². The van der Waals surface area contributed by atoms with E-state index >= 15 is 0 Å². The normalized spacial score (nSPS) is 15.3. The summed E-state index contributed by atoms with van der Waals surface area (Å²) in [6, 6.07) is 67.2. The molecule has 2 heterocycles. The third-order valence-electron chi connectivity index (χ3n) is 14.4. The molecule has 1 aromatic heterocycles. The lowest BCUT2D eigenvalue weighted by Crippen LogP contribution is -2.49. The zero-order chi connectivity index (χ0) is 42.1. The molecule has 9 aromatic rings. The van der Waals surface area contributed by atoms with E-state index in [1.165, 1.54) is 77.2 Å². The molecule has 0 atom stereocenters. The lowest BCUT2D eigenvalue weighted by molar-refractivity contribution is 0.634. The smallest absolute Gasteiger partial charge is 0.136 e. The van der Waals surface area contributed by atoms with Crippen molar-refractivity contribution in [2.24, 2.45) is 0 Å². The van der Waals surface area contributed by atoms with Crippen molar-refractivity contribution in [3.63, 3.8) is 0 Å². The fourth-order valence-corrected chi connectivity index (χ4v) is 14.9.